The lowest BCUT2D eigenvalue weighted by molar-refractivity contribution is -0.947. The zero-order valence-electron chi connectivity index (χ0n) is 17.5. The topological polar surface area (TPSA) is 61.8 Å². The lowest BCUT2D eigenvalue weighted by Crippen LogP contribution is -2.61. The molecule has 0 N–H and O–H groups in total. The molecule has 3 aliphatic rings. The highest BCUT2D eigenvalue weighted by Crippen LogP contribution is 2.41. The van der Waals surface area contributed by atoms with Crippen molar-refractivity contribution in [3.05, 3.63) is 29.8 Å². The molecule has 0 spiro atoms. The Balaban J connectivity index is 1.44. The number of carbonyl (C=O) groups excluding carboxylic acids is 2. The van der Waals surface area contributed by atoms with Gasteiger partial charge in [0, 0.05) is 17.9 Å². The Morgan fingerprint density at radius 3 is 2.79 bits per heavy atom. The molecule has 5 atom stereocenters. The quantitative estimate of drug-likeness (QED) is 0.559. The summed E-state index contributed by atoms with van der Waals surface area (Å²) in [5.41, 5.74) is 0.719. The van der Waals surface area contributed by atoms with Crippen molar-refractivity contribution < 1.29 is 28.3 Å². The van der Waals surface area contributed by atoms with E-state index in [1.165, 1.54) is 38.8 Å². The molecular formula is C23H32NO5+. The number of rotatable bonds is 5. The Morgan fingerprint density at radius 1 is 1.17 bits per heavy atom. The van der Waals surface area contributed by atoms with E-state index in [1.807, 2.05) is 24.3 Å². The van der Waals surface area contributed by atoms with Crippen LogP contribution in [0, 0.1) is 11.8 Å². The van der Waals surface area contributed by atoms with Crippen molar-refractivity contribution in [2.24, 2.45) is 11.8 Å². The van der Waals surface area contributed by atoms with Crippen molar-refractivity contribution >= 4 is 11.9 Å². The molecular weight excluding hydrogens is 370 g/mol. The molecule has 1 aromatic carbocycles. The first-order chi connectivity index (χ1) is 14.0. The number of ether oxygens (including phenoxy) is 3. The van der Waals surface area contributed by atoms with Gasteiger partial charge < -0.3 is 18.7 Å². The summed E-state index contributed by atoms with van der Waals surface area (Å²) >= 11 is 0. The number of nitrogens with zero attached hydrogens (tertiary/aromatic N) is 1. The van der Waals surface area contributed by atoms with E-state index in [-0.39, 0.29) is 18.4 Å². The Bertz CT molecular complexity index is 761. The molecule has 0 aromatic heterocycles. The second kappa shape index (κ2) is 8.34. The Kier molecular flexibility index (Phi) is 5.81. The molecule has 3 heterocycles. The van der Waals surface area contributed by atoms with E-state index in [4.69, 9.17) is 14.2 Å². The van der Waals surface area contributed by atoms with Crippen LogP contribution in [0.1, 0.15) is 50.2 Å². The maximum absolute atomic E-state index is 13.0. The van der Waals surface area contributed by atoms with Gasteiger partial charge in [0.25, 0.3) is 0 Å². The number of hydrogen-bond acceptors (Lipinski definition) is 5. The van der Waals surface area contributed by atoms with Gasteiger partial charge in [-0.05, 0) is 31.7 Å². The predicted molar refractivity (Wildman–Crippen MR) is 107 cm³/mol. The van der Waals surface area contributed by atoms with E-state index < -0.39 is 12.0 Å². The number of piperidine rings is 2. The van der Waals surface area contributed by atoms with Crippen LogP contribution >= 0.6 is 0 Å². The monoisotopic (exact) mass is 402 g/mol. The lowest BCUT2D eigenvalue weighted by atomic mass is 9.82. The van der Waals surface area contributed by atoms with Crippen LogP contribution in [-0.2, 0) is 19.1 Å². The number of cyclic esters (lactones) is 1. The molecule has 1 unspecified atom stereocenters. The average Bonchev–Trinajstić information content (AvgIpc) is 3.13. The van der Waals surface area contributed by atoms with Crippen molar-refractivity contribution in [2.45, 2.75) is 50.7 Å². The Labute approximate surface area is 172 Å². The van der Waals surface area contributed by atoms with Gasteiger partial charge in [-0.1, -0.05) is 18.2 Å². The highest BCUT2D eigenvalue weighted by molar-refractivity contribution is 5.84. The minimum absolute atomic E-state index is 0.0589. The highest BCUT2D eigenvalue weighted by atomic mass is 16.6. The SMILES string of the molecule is COc1ccccc1[C@H]1OC(=O)C[C@@H]1C(=O)OC[C@@H]1CCC[N+]2(C)CCCC[C@@H]12. The van der Waals surface area contributed by atoms with Gasteiger partial charge in [0.1, 0.15) is 17.8 Å². The smallest absolute Gasteiger partial charge is 0.313 e. The molecule has 6 nitrogen and oxygen atoms in total. The van der Waals surface area contributed by atoms with Crippen molar-refractivity contribution in [1.82, 2.24) is 0 Å². The van der Waals surface area contributed by atoms with Crippen molar-refractivity contribution in [3.8, 4) is 5.75 Å². The summed E-state index contributed by atoms with van der Waals surface area (Å²) in [7, 11) is 3.93. The molecule has 3 saturated heterocycles. The number of hydrogen-bond donors (Lipinski definition) is 0. The van der Waals surface area contributed by atoms with Crippen LogP contribution in [-0.4, -0.2) is 56.3 Å². The second-order valence-corrected chi connectivity index (χ2v) is 8.99. The standard InChI is InChI=1S/C23H32NO5/c1-24-12-6-5-10-19(24)16(8-7-13-24)15-28-23(26)18-14-21(25)29-22(18)17-9-3-4-11-20(17)27-2/h3-4,9,11,16,18-19,22H,5-8,10,12-15H2,1-2H3/q+1/t16-,18-,19-,22+,24?/m0/s1. The number of fused-ring (bicyclic) bond motifs is 1. The van der Waals surface area contributed by atoms with Crippen molar-refractivity contribution in [3.63, 3.8) is 0 Å². The maximum Gasteiger partial charge on any atom is 0.313 e. The van der Waals surface area contributed by atoms with Gasteiger partial charge in [0.2, 0.25) is 0 Å². The second-order valence-electron chi connectivity index (χ2n) is 8.99. The number of esters is 2. The molecule has 158 valence electrons. The fourth-order valence-electron chi connectivity index (χ4n) is 5.67. The van der Waals surface area contributed by atoms with Gasteiger partial charge in [-0.3, -0.25) is 9.59 Å². The van der Waals surface area contributed by atoms with E-state index in [1.54, 1.807) is 7.11 Å². The van der Waals surface area contributed by atoms with Crippen molar-refractivity contribution in [1.29, 1.82) is 0 Å². The summed E-state index contributed by atoms with van der Waals surface area (Å²) in [5, 5.41) is 0. The van der Waals surface area contributed by atoms with Crippen LogP contribution in [0.4, 0.5) is 0 Å². The van der Waals surface area contributed by atoms with Crippen LogP contribution in [0.3, 0.4) is 0 Å². The summed E-state index contributed by atoms with van der Waals surface area (Å²) in [4.78, 5) is 25.0. The summed E-state index contributed by atoms with van der Waals surface area (Å²) in [6.45, 7) is 2.91. The van der Waals surface area contributed by atoms with E-state index in [0.29, 0.717) is 24.3 Å². The number of methoxy groups -OCH3 is 1. The van der Waals surface area contributed by atoms with Crippen LogP contribution < -0.4 is 4.74 Å². The Morgan fingerprint density at radius 2 is 1.97 bits per heavy atom. The molecule has 0 amide bonds. The number of carbonyl (C=O) groups is 2. The van der Waals surface area contributed by atoms with Gasteiger partial charge in [-0.2, -0.15) is 0 Å². The van der Waals surface area contributed by atoms with Crippen LogP contribution in [0.15, 0.2) is 24.3 Å². The van der Waals surface area contributed by atoms with E-state index in [0.717, 1.165) is 16.5 Å². The molecule has 0 bridgehead atoms. The minimum Gasteiger partial charge on any atom is -0.496 e. The molecule has 3 aliphatic heterocycles. The molecule has 29 heavy (non-hydrogen) atoms. The normalized spacial score (nSPS) is 34.2. The average molecular weight is 403 g/mol. The summed E-state index contributed by atoms with van der Waals surface area (Å²) in [6, 6.07) is 7.95. The van der Waals surface area contributed by atoms with Gasteiger partial charge >= 0.3 is 11.9 Å². The third-order valence-electron chi connectivity index (χ3n) is 7.21. The van der Waals surface area contributed by atoms with Crippen LogP contribution in [0.25, 0.3) is 0 Å². The van der Waals surface area contributed by atoms with Gasteiger partial charge in [-0.25, -0.2) is 0 Å². The molecule has 0 radical (unpaired) electrons. The number of quaternary nitrogens is 1. The zero-order valence-corrected chi connectivity index (χ0v) is 17.5. The minimum atomic E-state index is -0.645. The fourth-order valence-corrected chi connectivity index (χ4v) is 5.67. The molecule has 3 fully saturated rings. The van der Waals surface area contributed by atoms with E-state index in [2.05, 4.69) is 7.05 Å². The van der Waals surface area contributed by atoms with E-state index >= 15 is 0 Å². The first-order valence-corrected chi connectivity index (χ1v) is 10.8. The van der Waals surface area contributed by atoms with Crippen LogP contribution in [0.5, 0.6) is 5.75 Å². The van der Waals surface area contributed by atoms with Crippen molar-refractivity contribution in [2.75, 3.05) is 33.9 Å². The largest absolute Gasteiger partial charge is 0.496 e. The Hall–Kier alpha value is -2.08. The van der Waals surface area contributed by atoms with Gasteiger partial charge in [-0.15, -0.1) is 0 Å². The number of para-hydroxylation sites is 1. The molecule has 1 aromatic rings. The first kappa shape index (κ1) is 20.2. The molecule has 0 saturated carbocycles. The predicted octanol–water partition coefficient (Wildman–Crippen LogP) is 3.25. The van der Waals surface area contributed by atoms with Gasteiger partial charge in [0.15, 0.2) is 0 Å². The molecule has 4 rings (SSSR count). The third kappa shape index (κ3) is 4.00. The molecule has 6 heteroatoms. The molecule has 0 aliphatic carbocycles. The number of benzene rings is 1. The highest BCUT2D eigenvalue weighted by Gasteiger charge is 2.46. The zero-order chi connectivity index (χ0) is 20.4. The fraction of sp³-hybridized carbons (Fsp3) is 0.652. The van der Waals surface area contributed by atoms with Crippen LogP contribution in [0.2, 0.25) is 0 Å². The summed E-state index contributed by atoms with van der Waals surface area (Å²) in [6.07, 6.45) is 5.49. The maximum atomic E-state index is 13.0. The summed E-state index contributed by atoms with van der Waals surface area (Å²) in [5.74, 6) is -0.290. The lowest BCUT2D eigenvalue weighted by Gasteiger charge is -2.51. The first-order valence-electron chi connectivity index (χ1n) is 10.8. The van der Waals surface area contributed by atoms with E-state index in [9.17, 15) is 9.59 Å². The third-order valence-corrected chi connectivity index (χ3v) is 7.21. The van der Waals surface area contributed by atoms with Gasteiger partial charge in [0.05, 0.1) is 46.3 Å². The summed E-state index contributed by atoms with van der Waals surface area (Å²) < 4.78 is 17.8.